The molecule has 156 valence electrons. The normalized spacial score (nSPS) is 15.7. The van der Waals surface area contributed by atoms with Crippen LogP contribution in [0.4, 0.5) is 0 Å². The maximum absolute atomic E-state index is 13.0. The summed E-state index contributed by atoms with van der Waals surface area (Å²) in [5.41, 5.74) is 2.57. The molecule has 30 heavy (non-hydrogen) atoms. The lowest BCUT2D eigenvalue weighted by atomic mass is 10.2. The minimum Gasteiger partial charge on any atom is -0.335 e. The number of hydrogen-bond acceptors (Lipinski definition) is 6. The molecule has 0 N–H and O–H groups in total. The molecule has 3 heterocycles. The minimum absolute atomic E-state index is 0.0802. The summed E-state index contributed by atoms with van der Waals surface area (Å²) in [4.78, 5) is 19.9. The number of nitrogens with zero attached hydrogens (tertiary/aromatic N) is 3. The lowest BCUT2D eigenvalue weighted by Gasteiger charge is -2.33. The van der Waals surface area contributed by atoms with Crippen molar-refractivity contribution in [1.82, 2.24) is 14.2 Å². The number of benzene rings is 1. The molecular formula is C21H21N3O3S3. The van der Waals surface area contributed by atoms with Crippen LogP contribution in [0.5, 0.6) is 0 Å². The zero-order valence-electron chi connectivity index (χ0n) is 16.4. The van der Waals surface area contributed by atoms with E-state index >= 15 is 0 Å². The van der Waals surface area contributed by atoms with Gasteiger partial charge in [-0.1, -0.05) is 30.3 Å². The van der Waals surface area contributed by atoms with Gasteiger partial charge in [0.05, 0.1) is 5.69 Å². The lowest BCUT2D eigenvalue weighted by molar-refractivity contribution is 0.0702. The Morgan fingerprint density at radius 3 is 2.50 bits per heavy atom. The highest BCUT2D eigenvalue weighted by molar-refractivity contribution is 7.92. The van der Waals surface area contributed by atoms with E-state index in [0.717, 1.165) is 16.1 Å². The van der Waals surface area contributed by atoms with Gasteiger partial charge in [-0.05, 0) is 30.0 Å². The van der Waals surface area contributed by atoms with Crippen molar-refractivity contribution in [2.75, 3.05) is 26.2 Å². The third-order valence-electron chi connectivity index (χ3n) is 4.88. The Morgan fingerprint density at radius 1 is 1.10 bits per heavy atom. The van der Waals surface area contributed by atoms with E-state index in [-0.39, 0.29) is 19.0 Å². The number of carbonyl (C=O) groups is 1. The van der Waals surface area contributed by atoms with Crippen LogP contribution in [0.2, 0.25) is 0 Å². The van der Waals surface area contributed by atoms with Gasteiger partial charge in [-0.15, -0.1) is 11.3 Å². The maximum atomic E-state index is 13.0. The van der Waals surface area contributed by atoms with Gasteiger partial charge in [0.25, 0.3) is 5.91 Å². The van der Waals surface area contributed by atoms with Crippen LogP contribution < -0.4 is 0 Å². The fourth-order valence-corrected chi connectivity index (χ4v) is 6.13. The first-order valence-electron chi connectivity index (χ1n) is 9.46. The second-order valence-corrected chi connectivity index (χ2v) is 10.5. The number of amides is 1. The number of aryl methyl sites for hydroxylation is 1. The van der Waals surface area contributed by atoms with Crippen molar-refractivity contribution in [3.8, 4) is 10.6 Å². The van der Waals surface area contributed by atoms with Gasteiger partial charge in [-0.25, -0.2) is 13.4 Å². The van der Waals surface area contributed by atoms with Crippen molar-refractivity contribution >= 4 is 44.7 Å². The fraction of sp³-hybridized carbons (Fsp3) is 0.238. The highest BCUT2D eigenvalue weighted by Crippen LogP contribution is 2.30. The Balaban J connectivity index is 1.41. The maximum Gasteiger partial charge on any atom is 0.265 e. The van der Waals surface area contributed by atoms with Gasteiger partial charge >= 0.3 is 0 Å². The van der Waals surface area contributed by atoms with Crippen LogP contribution in [0, 0.1) is 6.92 Å². The lowest BCUT2D eigenvalue weighted by Crippen LogP contribution is -2.50. The van der Waals surface area contributed by atoms with Crippen molar-refractivity contribution in [2.45, 2.75) is 6.92 Å². The van der Waals surface area contributed by atoms with Gasteiger partial charge in [0.2, 0.25) is 10.0 Å². The Hall–Kier alpha value is -2.33. The molecule has 9 heteroatoms. The summed E-state index contributed by atoms with van der Waals surface area (Å²) in [6.45, 7) is 3.13. The zero-order chi connectivity index (χ0) is 21.1. The first kappa shape index (κ1) is 20.9. The van der Waals surface area contributed by atoms with E-state index in [9.17, 15) is 13.2 Å². The first-order chi connectivity index (χ1) is 14.4. The molecule has 1 amide bonds. The molecule has 3 aromatic rings. The molecule has 1 aromatic carbocycles. The molecule has 0 saturated carbocycles. The third-order valence-corrected chi connectivity index (χ3v) is 8.32. The predicted molar refractivity (Wildman–Crippen MR) is 122 cm³/mol. The zero-order valence-corrected chi connectivity index (χ0v) is 18.8. The number of rotatable bonds is 5. The van der Waals surface area contributed by atoms with Gasteiger partial charge in [0.1, 0.15) is 9.88 Å². The molecule has 0 radical (unpaired) electrons. The predicted octanol–water partition coefficient (Wildman–Crippen LogP) is 3.94. The summed E-state index contributed by atoms with van der Waals surface area (Å²) in [5, 5.41) is 6.07. The average Bonchev–Trinajstić information content (AvgIpc) is 3.42. The number of sulfonamides is 1. The van der Waals surface area contributed by atoms with E-state index in [1.54, 1.807) is 22.3 Å². The van der Waals surface area contributed by atoms with Gasteiger partial charge in [0.15, 0.2) is 0 Å². The number of thiophene rings is 1. The average molecular weight is 460 g/mol. The monoisotopic (exact) mass is 459 g/mol. The standard InChI is InChI=1S/C21H21N3O3S3/c1-16-19(29-20(22-16)18-7-13-28-15-18)21(25)23-9-11-24(12-10-23)30(26,27)14-8-17-5-3-2-4-6-17/h2-8,13-15H,9-12H2,1H3/b14-8+. The van der Waals surface area contributed by atoms with Crippen LogP contribution in [-0.4, -0.2) is 54.7 Å². The van der Waals surface area contributed by atoms with Crippen LogP contribution in [0.25, 0.3) is 16.6 Å². The van der Waals surface area contributed by atoms with Crippen LogP contribution in [0.15, 0.2) is 52.6 Å². The van der Waals surface area contributed by atoms with Crippen LogP contribution in [0.1, 0.15) is 20.9 Å². The van der Waals surface area contributed by atoms with E-state index in [2.05, 4.69) is 4.98 Å². The fourth-order valence-electron chi connectivity index (χ4n) is 3.21. The van der Waals surface area contributed by atoms with Crippen LogP contribution >= 0.6 is 22.7 Å². The Morgan fingerprint density at radius 2 is 1.83 bits per heavy atom. The molecule has 0 bridgehead atoms. The van der Waals surface area contributed by atoms with Crippen molar-refractivity contribution in [3.05, 3.63) is 68.7 Å². The molecule has 0 unspecified atom stereocenters. The van der Waals surface area contributed by atoms with E-state index in [4.69, 9.17) is 0 Å². The first-order valence-corrected chi connectivity index (χ1v) is 12.7. The number of thiazole rings is 1. The van der Waals surface area contributed by atoms with Gasteiger partial charge in [-0.3, -0.25) is 4.79 Å². The number of piperazine rings is 1. The minimum atomic E-state index is -3.52. The van der Waals surface area contributed by atoms with E-state index in [0.29, 0.717) is 23.7 Å². The second-order valence-electron chi connectivity index (χ2n) is 6.90. The Kier molecular flexibility index (Phi) is 6.14. The van der Waals surface area contributed by atoms with Crippen molar-refractivity contribution in [1.29, 1.82) is 0 Å². The molecule has 0 atom stereocenters. The molecule has 4 rings (SSSR count). The number of carbonyl (C=O) groups excluding carboxylic acids is 1. The molecule has 6 nitrogen and oxygen atoms in total. The molecule has 1 aliphatic rings. The quantitative estimate of drug-likeness (QED) is 0.580. The van der Waals surface area contributed by atoms with Crippen molar-refractivity contribution < 1.29 is 13.2 Å². The van der Waals surface area contributed by atoms with Crippen LogP contribution in [-0.2, 0) is 10.0 Å². The third kappa shape index (κ3) is 4.54. The van der Waals surface area contributed by atoms with Gasteiger partial charge < -0.3 is 4.90 Å². The number of hydrogen-bond donors (Lipinski definition) is 0. The van der Waals surface area contributed by atoms with Gasteiger partial charge in [0, 0.05) is 42.5 Å². The summed E-state index contributed by atoms with van der Waals surface area (Å²) >= 11 is 2.99. The Labute approximate surface area is 184 Å². The molecule has 0 spiro atoms. The highest BCUT2D eigenvalue weighted by atomic mass is 32.2. The molecule has 1 fully saturated rings. The summed E-state index contributed by atoms with van der Waals surface area (Å²) in [6.07, 6.45) is 1.60. The van der Waals surface area contributed by atoms with Crippen molar-refractivity contribution in [2.24, 2.45) is 0 Å². The summed E-state index contributed by atoms with van der Waals surface area (Å²) in [6, 6.07) is 11.3. The summed E-state index contributed by atoms with van der Waals surface area (Å²) < 4.78 is 26.7. The van der Waals surface area contributed by atoms with Gasteiger partial charge in [-0.2, -0.15) is 15.6 Å². The Bertz CT molecular complexity index is 1140. The van der Waals surface area contributed by atoms with Crippen molar-refractivity contribution in [3.63, 3.8) is 0 Å². The summed E-state index contributed by atoms with van der Waals surface area (Å²) in [5.74, 6) is -0.0802. The molecule has 0 aliphatic carbocycles. The van der Waals surface area contributed by atoms with E-state index in [1.165, 1.54) is 21.1 Å². The molecule has 2 aromatic heterocycles. The van der Waals surface area contributed by atoms with Crippen LogP contribution in [0.3, 0.4) is 0 Å². The molecular weight excluding hydrogens is 438 g/mol. The molecule has 1 aliphatic heterocycles. The van der Waals surface area contributed by atoms with E-state index < -0.39 is 10.0 Å². The van der Waals surface area contributed by atoms with E-state index in [1.807, 2.05) is 54.1 Å². The number of aromatic nitrogens is 1. The second kappa shape index (κ2) is 8.81. The molecule has 1 saturated heterocycles. The topological polar surface area (TPSA) is 70.6 Å². The largest absolute Gasteiger partial charge is 0.335 e. The highest BCUT2D eigenvalue weighted by Gasteiger charge is 2.29. The SMILES string of the molecule is Cc1nc(-c2ccsc2)sc1C(=O)N1CCN(S(=O)(=O)/C=C/c2ccccc2)CC1. The smallest absolute Gasteiger partial charge is 0.265 e. The summed E-state index contributed by atoms with van der Waals surface area (Å²) in [7, 11) is -3.52.